The molecular formula is C6H22N3Ni3O6+. The molecule has 0 aromatic carbocycles. The van der Waals surface area contributed by atoms with Gasteiger partial charge in [-0.1, -0.05) is 0 Å². The Hall–Kier alpha value is 1.12. The van der Waals surface area contributed by atoms with Crippen molar-refractivity contribution in [2.24, 2.45) is 0 Å². The van der Waals surface area contributed by atoms with E-state index in [4.69, 9.17) is 20.4 Å². The molecule has 0 bridgehead atoms. The predicted molar refractivity (Wildman–Crippen MR) is 54.7 cm³/mol. The molecule has 0 amide bonds. The Bertz CT molecular complexity index is 95.1. The van der Waals surface area contributed by atoms with Crippen molar-refractivity contribution in [2.45, 2.75) is 12.6 Å². The third-order valence-corrected chi connectivity index (χ3v) is 1.22. The van der Waals surface area contributed by atoms with Gasteiger partial charge in [-0.05, 0) is 0 Å². The van der Waals surface area contributed by atoms with Gasteiger partial charge >= 0.3 is 16.5 Å². The Morgan fingerprint density at radius 3 is 0.889 bits per heavy atom. The van der Waals surface area contributed by atoms with Crippen molar-refractivity contribution < 1.29 is 80.9 Å². The summed E-state index contributed by atoms with van der Waals surface area (Å²) in [6.45, 7) is 4.56. The molecule has 0 unspecified atom stereocenters. The van der Waals surface area contributed by atoms with Gasteiger partial charge < -0.3 is 48.2 Å². The van der Waals surface area contributed by atoms with E-state index in [-0.39, 0.29) is 66.6 Å². The molecule has 1 heterocycles. The standard InChI is InChI=1S/C4H10N2.C2H6O4.H2N.3Ni.2H2O/c1-2-6-4-3-5-1;3-1(4)2(5)6;;;;;;/h5-6H,1-4H2;1-6H;1H2;;;;2*1H2/q;;-1;;;+2;;. The molecule has 18 heavy (non-hydrogen) atoms. The summed E-state index contributed by atoms with van der Waals surface area (Å²) < 4.78 is 0. The first-order chi connectivity index (χ1) is 5.64. The van der Waals surface area contributed by atoms with Crippen LogP contribution < -0.4 is 10.6 Å². The second-order valence-electron chi connectivity index (χ2n) is 2.33. The molecule has 12 N–H and O–H groups in total. The molecule has 0 saturated carbocycles. The zero-order valence-electron chi connectivity index (χ0n) is 9.30. The number of aliphatic hydroxyl groups excluding tert-OH is 2. The first-order valence-electron chi connectivity index (χ1n) is 3.78. The molecule has 0 aromatic heterocycles. The van der Waals surface area contributed by atoms with E-state index in [9.17, 15) is 0 Å². The first kappa shape index (κ1) is 42.7. The second kappa shape index (κ2) is 30.9. The van der Waals surface area contributed by atoms with E-state index < -0.39 is 12.6 Å². The third kappa shape index (κ3) is 36.0. The van der Waals surface area contributed by atoms with Crippen LogP contribution in [0.25, 0.3) is 6.15 Å². The van der Waals surface area contributed by atoms with Gasteiger partial charge in [0.05, 0.1) is 0 Å². The summed E-state index contributed by atoms with van der Waals surface area (Å²) in [5, 5.41) is 37.2. The van der Waals surface area contributed by atoms with Gasteiger partial charge in [-0.25, -0.2) is 0 Å². The Morgan fingerprint density at radius 2 is 0.833 bits per heavy atom. The summed E-state index contributed by atoms with van der Waals surface area (Å²) in [6.07, 6.45) is -4.07. The fourth-order valence-electron chi connectivity index (χ4n) is 0.604. The molecule has 9 nitrogen and oxygen atoms in total. The summed E-state index contributed by atoms with van der Waals surface area (Å²) >= 11 is 0. The van der Waals surface area contributed by atoms with Crippen molar-refractivity contribution in [3.8, 4) is 0 Å². The van der Waals surface area contributed by atoms with Crippen LogP contribution in [0, 0.1) is 0 Å². The minimum absolute atomic E-state index is 0. The number of nitrogens with one attached hydrogen (secondary N) is 2. The van der Waals surface area contributed by atoms with Crippen molar-refractivity contribution >= 4 is 0 Å². The zero-order chi connectivity index (χ0) is 9.40. The number of aliphatic hydroxyl groups is 4. The van der Waals surface area contributed by atoms with Gasteiger partial charge in [-0.15, -0.1) is 0 Å². The van der Waals surface area contributed by atoms with Crippen molar-refractivity contribution in [3.05, 3.63) is 6.15 Å². The van der Waals surface area contributed by atoms with Gasteiger partial charge in [0.1, 0.15) is 0 Å². The Balaban J connectivity index is -0.0000000202. The maximum atomic E-state index is 7.69. The van der Waals surface area contributed by atoms with E-state index in [0.717, 1.165) is 26.2 Å². The SMILES string of the molecule is C1CNCCN1.O.O.OC(O)C(O)O.[NH2-].[Ni+2].[Ni].[Ni]. The average molecular weight is 408 g/mol. The summed E-state index contributed by atoms with van der Waals surface area (Å²) in [7, 11) is 0. The summed E-state index contributed by atoms with van der Waals surface area (Å²) in [4.78, 5) is 0. The number of hydrogen-bond acceptors (Lipinski definition) is 6. The molecule has 126 valence electrons. The minimum atomic E-state index is -2.04. The largest absolute Gasteiger partial charge is 2.00 e. The van der Waals surface area contributed by atoms with E-state index in [0.29, 0.717) is 0 Å². The van der Waals surface area contributed by atoms with Gasteiger partial charge in [-0.3, -0.25) is 0 Å². The maximum absolute atomic E-state index is 7.69. The van der Waals surface area contributed by atoms with Gasteiger partial charge in [0.25, 0.3) is 0 Å². The number of hydrogen-bond donors (Lipinski definition) is 6. The van der Waals surface area contributed by atoms with Gasteiger partial charge in [0.2, 0.25) is 12.6 Å². The van der Waals surface area contributed by atoms with Crippen LogP contribution in [0.5, 0.6) is 0 Å². The van der Waals surface area contributed by atoms with Crippen molar-refractivity contribution in [2.75, 3.05) is 26.2 Å². The Morgan fingerprint density at radius 1 is 0.667 bits per heavy atom. The molecule has 0 spiro atoms. The van der Waals surface area contributed by atoms with E-state index in [1.807, 2.05) is 0 Å². The van der Waals surface area contributed by atoms with Crippen LogP contribution in [0.4, 0.5) is 0 Å². The fraction of sp³-hybridized carbons (Fsp3) is 1.00. The minimum Gasteiger partial charge on any atom is -0.693 e. The number of rotatable bonds is 1. The van der Waals surface area contributed by atoms with Crippen LogP contribution in [0.2, 0.25) is 0 Å². The molecule has 1 aliphatic heterocycles. The van der Waals surface area contributed by atoms with Crippen molar-refractivity contribution in [1.82, 2.24) is 10.6 Å². The van der Waals surface area contributed by atoms with Gasteiger partial charge in [0.15, 0.2) is 0 Å². The van der Waals surface area contributed by atoms with Crippen LogP contribution in [0.1, 0.15) is 0 Å². The van der Waals surface area contributed by atoms with Crippen molar-refractivity contribution in [3.63, 3.8) is 0 Å². The second-order valence-corrected chi connectivity index (χ2v) is 2.33. The smallest absolute Gasteiger partial charge is 0.693 e. The monoisotopic (exact) mass is 406 g/mol. The normalized spacial score (nSPS) is 11.7. The van der Waals surface area contributed by atoms with Crippen LogP contribution in [-0.4, -0.2) is 70.1 Å². The summed E-state index contributed by atoms with van der Waals surface area (Å²) in [6, 6.07) is 0. The molecule has 1 fully saturated rings. The van der Waals surface area contributed by atoms with E-state index in [1.165, 1.54) is 0 Å². The molecule has 0 aromatic rings. The van der Waals surface area contributed by atoms with Crippen LogP contribution in [-0.2, 0) is 49.5 Å². The summed E-state index contributed by atoms with van der Waals surface area (Å²) in [5.41, 5.74) is 0. The maximum Gasteiger partial charge on any atom is 2.00 e. The number of nitrogens with two attached hydrogens (primary N) is 1. The predicted octanol–water partition coefficient (Wildman–Crippen LogP) is -4.15. The topological polar surface area (TPSA) is 201 Å². The molecule has 12 heteroatoms. The van der Waals surface area contributed by atoms with E-state index >= 15 is 0 Å². The molecule has 0 radical (unpaired) electrons. The molecule has 0 aliphatic carbocycles. The first-order valence-corrected chi connectivity index (χ1v) is 3.78. The molecule has 1 rings (SSSR count). The fourth-order valence-corrected chi connectivity index (χ4v) is 0.604. The zero-order valence-corrected chi connectivity index (χ0v) is 12.3. The van der Waals surface area contributed by atoms with E-state index in [1.54, 1.807) is 0 Å². The molecule has 0 atom stereocenters. The van der Waals surface area contributed by atoms with Crippen molar-refractivity contribution in [1.29, 1.82) is 0 Å². The quantitative estimate of drug-likeness (QED) is 0.188. The summed E-state index contributed by atoms with van der Waals surface area (Å²) in [5.74, 6) is 0. The van der Waals surface area contributed by atoms with E-state index in [2.05, 4.69) is 10.6 Å². The van der Waals surface area contributed by atoms with Crippen LogP contribution in [0.3, 0.4) is 0 Å². The average Bonchev–Trinajstić information content (AvgIpc) is 2.08. The van der Waals surface area contributed by atoms with Crippen LogP contribution in [0.15, 0.2) is 0 Å². The Labute approximate surface area is 136 Å². The third-order valence-electron chi connectivity index (χ3n) is 1.22. The van der Waals surface area contributed by atoms with Gasteiger partial charge in [0, 0.05) is 59.2 Å². The molecule has 1 saturated heterocycles. The molecule has 1 aliphatic rings. The molecular weight excluding hydrogens is 386 g/mol. The Kier molecular flexibility index (Phi) is 73.3. The van der Waals surface area contributed by atoms with Crippen LogP contribution >= 0.6 is 0 Å². The number of piperazine rings is 1. The van der Waals surface area contributed by atoms with Gasteiger partial charge in [-0.2, -0.15) is 0 Å².